The first-order chi connectivity index (χ1) is 5.80. The lowest BCUT2D eigenvalue weighted by molar-refractivity contribution is 1.08. The molecule has 1 aromatic carbocycles. The largest absolute Gasteiger partial charge is 0.192 e. The number of hydrogen-bond acceptors (Lipinski definition) is 1. The molecule has 0 amide bonds. The van der Waals surface area contributed by atoms with Crippen molar-refractivity contribution in [3.05, 3.63) is 34.9 Å². The average molecular weight is 159 g/mol. The molecule has 0 bridgehead atoms. The van der Waals surface area contributed by atoms with Gasteiger partial charge < -0.3 is 0 Å². The van der Waals surface area contributed by atoms with Gasteiger partial charge in [-0.2, -0.15) is 5.26 Å². The molecule has 0 unspecified atom stereocenters. The van der Waals surface area contributed by atoms with Crippen molar-refractivity contribution < 1.29 is 0 Å². The van der Waals surface area contributed by atoms with Crippen LogP contribution < -0.4 is 0 Å². The Labute approximate surface area is 73.6 Å². The Bertz CT molecular complexity index is 285. The molecule has 12 heavy (non-hydrogen) atoms. The molecule has 1 aromatic rings. The first kappa shape index (κ1) is 8.80. The van der Waals surface area contributed by atoms with Crippen LogP contribution in [0.3, 0.4) is 0 Å². The molecule has 0 aliphatic heterocycles. The van der Waals surface area contributed by atoms with Crippen LogP contribution in [0.1, 0.15) is 30.5 Å². The van der Waals surface area contributed by atoms with Crippen molar-refractivity contribution in [3.8, 4) is 6.07 Å². The molecule has 0 N–H and O–H groups in total. The van der Waals surface area contributed by atoms with Crippen LogP contribution in [0.15, 0.2) is 18.2 Å². The van der Waals surface area contributed by atoms with Gasteiger partial charge in [-0.25, -0.2) is 0 Å². The van der Waals surface area contributed by atoms with E-state index in [-0.39, 0.29) is 0 Å². The minimum atomic E-state index is 0.784. The minimum absolute atomic E-state index is 0.784. The molecule has 0 saturated heterocycles. The lowest BCUT2D eigenvalue weighted by Gasteiger charge is -2.01. The number of hydrogen-bond donors (Lipinski definition) is 0. The zero-order chi connectivity index (χ0) is 8.97. The molecule has 0 aliphatic rings. The van der Waals surface area contributed by atoms with Gasteiger partial charge in [0, 0.05) is 0 Å². The van der Waals surface area contributed by atoms with E-state index in [9.17, 15) is 0 Å². The monoisotopic (exact) mass is 159 g/mol. The number of rotatable bonds is 2. The van der Waals surface area contributed by atoms with Gasteiger partial charge in [0.25, 0.3) is 0 Å². The van der Waals surface area contributed by atoms with E-state index in [1.54, 1.807) is 0 Å². The standard InChI is InChI=1S/C11H13N/c1-3-9-5-10(4-2)7-11(6-9)8-12/h5-7H,3-4H2,1-2H3. The Hall–Kier alpha value is -1.29. The molecular weight excluding hydrogens is 146 g/mol. The normalized spacial score (nSPS) is 9.42. The van der Waals surface area contributed by atoms with Gasteiger partial charge in [-0.1, -0.05) is 19.9 Å². The maximum atomic E-state index is 8.73. The third-order valence-electron chi connectivity index (χ3n) is 2.00. The number of nitriles is 1. The van der Waals surface area contributed by atoms with Crippen LogP contribution in [-0.2, 0) is 12.8 Å². The van der Waals surface area contributed by atoms with Crippen molar-refractivity contribution in [2.45, 2.75) is 26.7 Å². The lowest BCUT2D eigenvalue weighted by Crippen LogP contribution is -1.88. The third-order valence-corrected chi connectivity index (χ3v) is 2.00. The van der Waals surface area contributed by atoms with Crippen molar-refractivity contribution in [1.29, 1.82) is 5.26 Å². The van der Waals surface area contributed by atoms with Gasteiger partial charge in [-0.05, 0) is 36.1 Å². The highest BCUT2D eigenvalue weighted by Crippen LogP contribution is 2.10. The molecular formula is C11H13N. The molecule has 1 rings (SSSR count). The summed E-state index contributed by atoms with van der Waals surface area (Å²) < 4.78 is 0. The molecule has 0 fully saturated rings. The lowest BCUT2D eigenvalue weighted by atomic mass is 10.0. The average Bonchev–Trinajstić information content (AvgIpc) is 2.16. The van der Waals surface area contributed by atoms with Crippen molar-refractivity contribution in [2.75, 3.05) is 0 Å². The second-order valence-corrected chi connectivity index (χ2v) is 2.86. The highest BCUT2D eigenvalue weighted by Gasteiger charge is 1.97. The van der Waals surface area contributed by atoms with E-state index in [1.165, 1.54) is 11.1 Å². The Balaban J connectivity index is 3.12. The number of nitrogens with zero attached hydrogens (tertiary/aromatic N) is 1. The topological polar surface area (TPSA) is 23.8 Å². The highest BCUT2D eigenvalue weighted by molar-refractivity contribution is 5.37. The summed E-state index contributed by atoms with van der Waals surface area (Å²) in [4.78, 5) is 0. The fourth-order valence-corrected chi connectivity index (χ4v) is 1.24. The summed E-state index contributed by atoms with van der Waals surface area (Å²) >= 11 is 0. The number of benzene rings is 1. The van der Waals surface area contributed by atoms with Crippen LogP contribution in [-0.4, -0.2) is 0 Å². The predicted octanol–water partition coefficient (Wildman–Crippen LogP) is 2.68. The Morgan fingerprint density at radius 2 is 1.58 bits per heavy atom. The van der Waals surface area contributed by atoms with Gasteiger partial charge in [0.2, 0.25) is 0 Å². The van der Waals surface area contributed by atoms with Crippen LogP contribution in [0.5, 0.6) is 0 Å². The number of aryl methyl sites for hydroxylation is 2. The summed E-state index contributed by atoms with van der Waals surface area (Å²) in [5.41, 5.74) is 3.29. The van der Waals surface area contributed by atoms with Crippen molar-refractivity contribution >= 4 is 0 Å². The van der Waals surface area contributed by atoms with Gasteiger partial charge >= 0.3 is 0 Å². The second kappa shape index (κ2) is 3.92. The van der Waals surface area contributed by atoms with E-state index >= 15 is 0 Å². The first-order valence-corrected chi connectivity index (χ1v) is 4.33. The van der Waals surface area contributed by atoms with Gasteiger partial charge in [0.05, 0.1) is 11.6 Å². The van der Waals surface area contributed by atoms with Crippen molar-refractivity contribution in [2.24, 2.45) is 0 Å². The smallest absolute Gasteiger partial charge is 0.0991 e. The molecule has 62 valence electrons. The summed E-state index contributed by atoms with van der Waals surface area (Å²) in [5.74, 6) is 0. The first-order valence-electron chi connectivity index (χ1n) is 4.33. The molecule has 0 radical (unpaired) electrons. The zero-order valence-corrected chi connectivity index (χ0v) is 7.59. The second-order valence-electron chi connectivity index (χ2n) is 2.86. The van der Waals surface area contributed by atoms with E-state index < -0.39 is 0 Å². The molecule has 0 saturated carbocycles. The quantitative estimate of drug-likeness (QED) is 0.650. The van der Waals surface area contributed by atoms with E-state index in [0.29, 0.717) is 0 Å². The zero-order valence-electron chi connectivity index (χ0n) is 7.59. The van der Waals surface area contributed by atoms with Crippen LogP contribution in [0.4, 0.5) is 0 Å². The molecule has 1 nitrogen and oxygen atoms in total. The third kappa shape index (κ3) is 1.85. The summed E-state index contributed by atoms with van der Waals surface area (Å²) in [7, 11) is 0. The van der Waals surface area contributed by atoms with Crippen LogP contribution in [0.2, 0.25) is 0 Å². The molecule has 0 spiro atoms. The summed E-state index contributed by atoms with van der Waals surface area (Å²) in [6.07, 6.45) is 2.00. The Kier molecular flexibility index (Phi) is 2.88. The van der Waals surface area contributed by atoms with Crippen molar-refractivity contribution in [1.82, 2.24) is 0 Å². The maximum absolute atomic E-state index is 8.73. The molecule has 1 heteroatoms. The van der Waals surface area contributed by atoms with Crippen LogP contribution >= 0.6 is 0 Å². The van der Waals surface area contributed by atoms with E-state index in [4.69, 9.17) is 5.26 Å². The van der Waals surface area contributed by atoms with E-state index in [1.807, 2.05) is 12.1 Å². The Morgan fingerprint density at radius 3 is 1.92 bits per heavy atom. The molecule has 0 aliphatic carbocycles. The van der Waals surface area contributed by atoms with E-state index in [2.05, 4.69) is 26.0 Å². The summed E-state index contributed by atoms with van der Waals surface area (Å²) in [6.45, 7) is 4.21. The van der Waals surface area contributed by atoms with Crippen molar-refractivity contribution in [3.63, 3.8) is 0 Å². The summed E-state index contributed by atoms with van der Waals surface area (Å²) in [6, 6.07) is 8.26. The Morgan fingerprint density at radius 1 is 1.08 bits per heavy atom. The van der Waals surface area contributed by atoms with Crippen LogP contribution in [0, 0.1) is 11.3 Å². The molecule has 0 atom stereocenters. The van der Waals surface area contributed by atoms with E-state index in [0.717, 1.165) is 18.4 Å². The van der Waals surface area contributed by atoms with Gasteiger partial charge in [0.1, 0.15) is 0 Å². The molecule has 0 heterocycles. The fourth-order valence-electron chi connectivity index (χ4n) is 1.24. The van der Waals surface area contributed by atoms with Gasteiger partial charge in [0.15, 0.2) is 0 Å². The van der Waals surface area contributed by atoms with Gasteiger partial charge in [-0.15, -0.1) is 0 Å². The SMILES string of the molecule is CCc1cc(C#N)cc(CC)c1. The highest BCUT2D eigenvalue weighted by atomic mass is 14.2. The molecule has 0 aromatic heterocycles. The minimum Gasteiger partial charge on any atom is -0.192 e. The fraction of sp³-hybridized carbons (Fsp3) is 0.364. The predicted molar refractivity (Wildman–Crippen MR) is 49.9 cm³/mol. The van der Waals surface area contributed by atoms with Crippen LogP contribution in [0.25, 0.3) is 0 Å². The maximum Gasteiger partial charge on any atom is 0.0991 e. The summed E-state index contributed by atoms with van der Waals surface area (Å²) in [5, 5.41) is 8.73. The van der Waals surface area contributed by atoms with Gasteiger partial charge in [-0.3, -0.25) is 0 Å².